The van der Waals surface area contributed by atoms with Crippen molar-refractivity contribution >= 4 is 45.7 Å². The molecule has 2 aromatic carbocycles. The van der Waals surface area contributed by atoms with Crippen LogP contribution in [0.15, 0.2) is 47.3 Å². The summed E-state index contributed by atoms with van der Waals surface area (Å²) in [6.45, 7) is 1.75. The molecular weight excluding hydrogens is 403 g/mol. The van der Waals surface area contributed by atoms with Crippen LogP contribution in [0.5, 0.6) is 0 Å². The lowest BCUT2D eigenvalue weighted by Crippen LogP contribution is -2.27. The molecule has 8 heteroatoms. The maximum Gasteiger partial charge on any atom is 0.359 e. The zero-order chi connectivity index (χ0) is 20.3. The molecule has 0 atom stereocenters. The van der Waals surface area contributed by atoms with Crippen molar-refractivity contribution in [1.82, 2.24) is 9.78 Å². The van der Waals surface area contributed by atoms with Crippen molar-refractivity contribution in [3.05, 3.63) is 74.1 Å². The van der Waals surface area contributed by atoms with Crippen molar-refractivity contribution in [3.8, 4) is 0 Å². The van der Waals surface area contributed by atoms with E-state index in [1.807, 2.05) is 6.92 Å². The van der Waals surface area contributed by atoms with Crippen LogP contribution in [0, 0.1) is 0 Å². The Balaban J connectivity index is 1.88. The molecule has 6 nitrogen and oxygen atoms in total. The Morgan fingerprint density at radius 2 is 1.82 bits per heavy atom. The number of ether oxygens (including phenoxy) is 1. The molecule has 0 bridgehead atoms. The minimum Gasteiger partial charge on any atom is -0.452 e. The Morgan fingerprint density at radius 3 is 2.50 bits per heavy atom. The molecule has 3 rings (SSSR count). The number of nitrogens with zero attached hydrogens (tertiary/aromatic N) is 2. The highest BCUT2D eigenvalue weighted by atomic mass is 35.5. The molecule has 0 radical (unpaired) electrons. The predicted molar refractivity (Wildman–Crippen MR) is 107 cm³/mol. The monoisotopic (exact) mass is 418 g/mol. The fourth-order valence-electron chi connectivity index (χ4n) is 2.74. The van der Waals surface area contributed by atoms with E-state index in [4.69, 9.17) is 27.9 Å². The summed E-state index contributed by atoms with van der Waals surface area (Å²) in [7, 11) is 0. The first-order valence-corrected chi connectivity index (χ1v) is 9.33. The number of hydrogen-bond acceptors (Lipinski definition) is 5. The van der Waals surface area contributed by atoms with E-state index in [1.165, 1.54) is 22.9 Å². The first-order valence-electron chi connectivity index (χ1n) is 8.57. The van der Waals surface area contributed by atoms with E-state index >= 15 is 0 Å². The highest BCUT2D eigenvalue weighted by Crippen LogP contribution is 2.21. The second-order valence-corrected chi connectivity index (χ2v) is 6.89. The van der Waals surface area contributed by atoms with Gasteiger partial charge in [-0.2, -0.15) is 5.10 Å². The summed E-state index contributed by atoms with van der Waals surface area (Å²) < 4.78 is 6.39. The highest BCUT2D eigenvalue weighted by Gasteiger charge is 2.20. The first-order chi connectivity index (χ1) is 13.4. The molecule has 1 heterocycles. The fourth-order valence-corrected chi connectivity index (χ4v) is 3.26. The second kappa shape index (κ2) is 8.54. The molecule has 0 amide bonds. The Kier molecular flexibility index (Phi) is 6.11. The van der Waals surface area contributed by atoms with Gasteiger partial charge in [0.05, 0.1) is 10.4 Å². The van der Waals surface area contributed by atoms with Gasteiger partial charge in [0.1, 0.15) is 0 Å². The molecule has 0 aliphatic rings. The molecule has 0 spiro atoms. The van der Waals surface area contributed by atoms with Gasteiger partial charge in [-0.15, -0.1) is 0 Å². The fraction of sp³-hybridized carbons (Fsp3) is 0.200. The van der Waals surface area contributed by atoms with E-state index in [0.29, 0.717) is 28.8 Å². The minimum absolute atomic E-state index is 0.0151. The van der Waals surface area contributed by atoms with Gasteiger partial charge in [-0.1, -0.05) is 48.3 Å². The lowest BCUT2D eigenvalue weighted by molar-refractivity contribution is 0.0468. The first kappa shape index (κ1) is 20.0. The van der Waals surface area contributed by atoms with Crippen molar-refractivity contribution in [2.45, 2.75) is 19.9 Å². The third kappa shape index (κ3) is 4.08. The van der Waals surface area contributed by atoms with Crippen LogP contribution >= 0.6 is 23.2 Å². The largest absolute Gasteiger partial charge is 0.452 e. The number of aryl methyl sites for hydroxylation is 1. The summed E-state index contributed by atoms with van der Waals surface area (Å²) >= 11 is 11.8. The molecule has 3 aromatic rings. The van der Waals surface area contributed by atoms with Gasteiger partial charge in [0.2, 0.25) is 5.78 Å². The molecule has 144 valence electrons. The SMILES string of the molecule is CCCn1nc(C(=O)OCC(=O)c2ccc(Cl)cc2Cl)c2ccccc2c1=O. The van der Waals surface area contributed by atoms with E-state index in [0.717, 1.165) is 0 Å². The molecule has 28 heavy (non-hydrogen) atoms. The van der Waals surface area contributed by atoms with Gasteiger partial charge in [-0.05, 0) is 30.7 Å². The Hall–Kier alpha value is -2.70. The van der Waals surface area contributed by atoms with Gasteiger partial charge < -0.3 is 4.74 Å². The topological polar surface area (TPSA) is 78.3 Å². The number of carbonyl (C=O) groups excluding carboxylic acids is 2. The van der Waals surface area contributed by atoms with Crippen LogP contribution in [0.25, 0.3) is 10.8 Å². The molecule has 0 aliphatic carbocycles. The van der Waals surface area contributed by atoms with Gasteiger partial charge in [0.15, 0.2) is 12.3 Å². The molecule has 0 aliphatic heterocycles. The maximum absolute atomic E-state index is 12.6. The van der Waals surface area contributed by atoms with Gasteiger partial charge in [0, 0.05) is 22.5 Å². The third-order valence-corrected chi connectivity index (χ3v) is 4.61. The average molecular weight is 419 g/mol. The van der Waals surface area contributed by atoms with Crippen molar-refractivity contribution in [1.29, 1.82) is 0 Å². The maximum atomic E-state index is 12.6. The number of halogens is 2. The smallest absolute Gasteiger partial charge is 0.359 e. The summed E-state index contributed by atoms with van der Waals surface area (Å²) in [5.41, 5.74) is -0.0932. The van der Waals surface area contributed by atoms with Crippen LogP contribution in [-0.4, -0.2) is 28.1 Å². The molecule has 0 unspecified atom stereocenters. The Bertz CT molecular complexity index is 1120. The molecule has 0 N–H and O–H groups in total. The standard InChI is InChI=1S/C20H16Cl2N2O4/c1-2-9-24-19(26)14-6-4-3-5-13(14)18(23-24)20(27)28-11-17(25)15-8-7-12(21)10-16(15)22/h3-8,10H,2,9,11H2,1H3. The summed E-state index contributed by atoms with van der Waals surface area (Å²) in [6.07, 6.45) is 0.674. The van der Waals surface area contributed by atoms with Crippen LogP contribution in [0.3, 0.4) is 0 Å². The number of rotatable bonds is 6. The molecule has 0 saturated heterocycles. The second-order valence-electron chi connectivity index (χ2n) is 6.05. The summed E-state index contributed by atoms with van der Waals surface area (Å²) in [4.78, 5) is 37.4. The van der Waals surface area contributed by atoms with Crippen LogP contribution in [0.2, 0.25) is 10.0 Å². The van der Waals surface area contributed by atoms with Gasteiger partial charge in [-0.3, -0.25) is 9.59 Å². The highest BCUT2D eigenvalue weighted by molar-refractivity contribution is 6.36. The van der Waals surface area contributed by atoms with Gasteiger partial charge in [0.25, 0.3) is 5.56 Å². The number of carbonyl (C=O) groups is 2. The molecule has 0 saturated carbocycles. The zero-order valence-corrected chi connectivity index (χ0v) is 16.5. The van der Waals surface area contributed by atoms with Crippen molar-refractivity contribution in [3.63, 3.8) is 0 Å². The summed E-state index contributed by atoms with van der Waals surface area (Å²) in [5, 5.41) is 5.46. The summed E-state index contributed by atoms with van der Waals surface area (Å²) in [6, 6.07) is 11.1. The number of fused-ring (bicyclic) bond motifs is 1. The van der Waals surface area contributed by atoms with E-state index in [9.17, 15) is 14.4 Å². The van der Waals surface area contributed by atoms with E-state index in [1.54, 1.807) is 24.3 Å². The van der Waals surface area contributed by atoms with E-state index in [2.05, 4.69) is 5.10 Å². The minimum atomic E-state index is -0.792. The van der Waals surface area contributed by atoms with Gasteiger partial charge in [-0.25, -0.2) is 9.48 Å². The van der Waals surface area contributed by atoms with Crippen LogP contribution in [-0.2, 0) is 11.3 Å². The molecule has 0 fully saturated rings. The van der Waals surface area contributed by atoms with E-state index in [-0.39, 0.29) is 21.8 Å². The van der Waals surface area contributed by atoms with Crippen LogP contribution in [0.1, 0.15) is 34.2 Å². The average Bonchev–Trinajstić information content (AvgIpc) is 2.68. The van der Waals surface area contributed by atoms with Crippen LogP contribution < -0.4 is 5.56 Å². The molecular formula is C20H16Cl2N2O4. The lowest BCUT2D eigenvalue weighted by atomic mass is 10.1. The number of benzene rings is 2. The molecule has 1 aromatic heterocycles. The number of ketones is 1. The summed E-state index contributed by atoms with van der Waals surface area (Å²) in [5.74, 6) is -1.26. The number of hydrogen-bond donors (Lipinski definition) is 0. The van der Waals surface area contributed by atoms with E-state index < -0.39 is 18.4 Å². The normalized spacial score (nSPS) is 10.8. The number of esters is 1. The quantitative estimate of drug-likeness (QED) is 0.443. The Morgan fingerprint density at radius 1 is 1.11 bits per heavy atom. The third-order valence-electron chi connectivity index (χ3n) is 4.06. The zero-order valence-electron chi connectivity index (χ0n) is 14.9. The van der Waals surface area contributed by atoms with Crippen molar-refractivity contribution in [2.24, 2.45) is 0 Å². The van der Waals surface area contributed by atoms with Gasteiger partial charge >= 0.3 is 5.97 Å². The number of aromatic nitrogens is 2. The van der Waals surface area contributed by atoms with Crippen LogP contribution in [0.4, 0.5) is 0 Å². The number of Topliss-reactive ketones (excluding diaryl/α,β-unsaturated/α-hetero) is 1. The van der Waals surface area contributed by atoms with Crippen molar-refractivity contribution < 1.29 is 14.3 Å². The lowest BCUT2D eigenvalue weighted by Gasteiger charge is -2.10. The Labute approximate surface area is 170 Å². The van der Waals surface area contributed by atoms with Crippen molar-refractivity contribution in [2.75, 3.05) is 6.61 Å². The predicted octanol–water partition coefficient (Wildman–Crippen LogP) is 4.15.